The summed E-state index contributed by atoms with van der Waals surface area (Å²) in [5.74, 6) is 0.987. The number of halogens is 1. The average Bonchev–Trinajstić information content (AvgIpc) is 2.90. The molecule has 2 fully saturated rings. The first-order valence-corrected chi connectivity index (χ1v) is 13.2. The van der Waals surface area contributed by atoms with Gasteiger partial charge in [0.05, 0.1) is 41.2 Å². The Morgan fingerprint density at radius 2 is 2.00 bits per heavy atom. The number of hydrogen-bond donors (Lipinski definition) is 1. The van der Waals surface area contributed by atoms with E-state index in [-0.39, 0.29) is 6.61 Å². The predicted molar refractivity (Wildman–Crippen MR) is 138 cm³/mol. The molecule has 0 aromatic carbocycles. The molecule has 194 valence electrons. The third-order valence-electron chi connectivity index (χ3n) is 7.27. The van der Waals surface area contributed by atoms with E-state index in [0.717, 1.165) is 24.3 Å². The minimum Gasteiger partial charge on any atom is -0.475 e. The molecule has 1 saturated carbocycles. The highest BCUT2D eigenvalue weighted by atomic mass is 35.5. The van der Waals surface area contributed by atoms with E-state index in [1.165, 1.54) is 25.7 Å². The fourth-order valence-corrected chi connectivity index (χ4v) is 5.33. The van der Waals surface area contributed by atoms with Crippen molar-refractivity contribution >= 4 is 11.6 Å². The number of nitrogens with zero attached hydrogens (tertiary/aromatic N) is 4. The Morgan fingerprint density at radius 3 is 2.72 bits per heavy atom. The lowest BCUT2D eigenvalue weighted by Gasteiger charge is -2.31. The van der Waals surface area contributed by atoms with Crippen LogP contribution in [0.5, 0.6) is 5.88 Å². The molecule has 0 unspecified atom stereocenters. The molecule has 2 aliphatic rings. The maximum Gasteiger partial charge on any atom is 0.232 e. The Kier molecular flexibility index (Phi) is 9.49. The van der Waals surface area contributed by atoms with Crippen LogP contribution in [-0.2, 0) is 15.9 Å². The molecular weight excluding hydrogens is 478 g/mol. The van der Waals surface area contributed by atoms with Crippen molar-refractivity contribution in [3.8, 4) is 23.2 Å². The number of hydrogen-bond acceptors (Lipinski definition) is 8. The first kappa shape index (κ1) is 26.7. The lowest BCUT2D eigenvalue weighted by Crippen LogP contribution is -2.41. The number of pyridine rings is 1. The highest BCUT2D eigenvalue weighted by Crippen LogP contribution is 2.33. The Hall–Kier alpha value is -2.31. The van der Waals surface area contributed by atoms with E-state index in [0.29, 0.717) is 60.7 Å². The van der Waals surface area contributed by atoms with Crippen molar-refractivity contribution in [1.29, 1.82) is 5.26 Å². The number of rotatable bonds is 10. The molecule has 9 heteroatoms. The minimum atomic E-state index is -0.548. The molecule has 0 bridgehead atoms. The van der Waals surface area contributed by atoms with Crippen LogP contribution in [-0.4, -0.2) is 60.6 Å². The van der Waals surface area contributed by atoms with Crippen LogP contribution in [0.15, 0.2) is 24.7 Å². The van der Waals surface area contributed by atoms with E-state index < -0.39 is 5.41 Å². The van der Waals surface area contributed by atoms with Gasteiger partial charge in [-0.2, -0.15) is 5.26 Å². The molecule has 3 heterocycles. The van der Waals surface area contributed by atoms with Gasteiger partial charge in [0.15, 0.2) is 0 Å². The number of ether oxygens (including phenoxy) is 3. The number of aromatic nitrogens is 3. The Labute approximate surface area is 218 Å². The van der Waals surface area contributed by atoms with Gasteiger partial charge in [-0.15, -0.1) is 0 Å². The molecule has 1 saturated heterocycles. The molecule has 36 heavy (non-hydrogen) atoms. The zero-order valence-electron chi connectivity index (χ0n) is 21.2. The number of methoxy groups -OCH3 is 1. The maximum absolute atomic E-state index is 9.67. The fourth-order valence-electron chi connectivity index (χ4n) is 5.13. The van der Waals surface area contributed by atoms with Crippen LogP contribution in [0.3, 0.4) is 0 Å². The second kappa shape index (κ2) is 12.8. The Bertz CT molecular complexity index is 1030. The zero-order chi connectivity index (χ0) is 25.4. The smallest absolute Gasteiger partial charge is 0.232 e. The normalized spacial score (nSPS) is 22.5. The van der Waals surface area contributed by atoms with Crippen molar-refractivity contribution in [2.24, 2.45) is 11.3 Å². The topological polar surface area (TPSA) is 102 Å². The summed E-state index contributed by atoms with van der Waals surface area (Å²) in [5, 5.41) is 13.9. The van der Waals surface area contributed by atoms with Crippen LogP contribution in [0, 0.1) is 22.7 Å². The molecule has 0 radical (unpaired) electrons. The standard InChI is InChI=1S/C27H36ClN5O3/c1-19(16-34-2)32-21-5-3-20(4-6-21)11-22-12-23(24(28)13-31-22)25-14-30-15-26(33-25)36-18-27(17-29)7-9-35-10-8-27/h12-15,19-21,32H,3-11,16,18H2,1-2H3/t19-,20?,21?/m1/s1. The average molecular weight is 514 g/mol. The van der Waals surface area contributed by atoms with Gasteiger partial charge in [-0.3, -0.25) is 9.97 Å². The van der Waals surface area contributed by atoms with Gasteiger partial charge in [-0.25, -0.2) is 4.98 Å². The summed E-state index contributed by atoms with van der Waals surface area (Å²) in [7, 11) is 1.74. The summed E-state index contributed by atoms with van der Waals surface area (Å²) in [6.45, 7) is 4.32. The van der Waals surface area contributed by atoms with Gasteiger partial charge in [0.1, 0.15) is 6.61 Å². The molecule has 1 atom stereocenters. The van der Waals surface area contributed by atoms with Gasteiger partial charge < -0.3 is 19.5 Å². The number of nitrogens with one attached hydrogen (secondary N) is 1. The monoisotopic (exact) mass is 513 g/mol. The summed E-state index contributed by atoms with van der Waals surface area (Å²) >= 11 is 6.52. The third-order valence-corrected chi connectivity index (χ3v) is 7.57. The van der Waals surface area contributed by atoms with Crippen molar-refractivity contribution in [3.63, 3.8) is 0 Å². The van der Waals surface area contributed by atoms with Crippen LogP contribution in [0.25, 0.3) is 11.3 Å². The second-order valence-corrected chi connectivity index (χ2v) is 10.5. The first-order chi connectivity index (χ1) is 17.5. The van der Waals surface area contributed by atoms with Crippen LogP contribution >= 0.6 is 11.6 Å². The quantitative estimate of drug-likeness (QED) is 0.491. The summed E-state index contributed by atoms with van der Waals surface area (Å²) in [6, 6.07) is 5.37. The summed E-state index contributed by atoms with van der Waals surface area (Å²) in [4.78, 5) is 13.6. The van der Waals surface area contributed by atoms with Crippen molar-refractivity contribution in [2.45, 2.75) is 64.0 Å². The van der Waals surface area contributed by atoms with E-state index in [1.807, 2.05) is 6.07 Å². The minimum absolute atomic E-state index is 0.266. The van der Waals surface area contributed by atoms with Gasteiger partial charge in [0.2, 0.25) is 5.88 Å². The van der Waals surface area contributed by atoms with E-state index >= 15 is 0 Å². The molecule has 8 nitrogen and oxygen atoms in total. The number of nitriles is 1. The SMILES string of the molecule is COC[C@@H](C)NC1CCC(Cc2cc(-c3cncc(OCC4(C#N)CCOCC4)n3)c(Cl)cn2)CC1. The highest BCUT2D eigenvalue weighted by Gasteiger charge is 2.34. The lowest BCUT2D eigenvalue weighted by atomic mass is 9.83. The van der Waals surface area contributed by atoms with Gasteiger partial charge in [-0.05, 0) is 63.9 Å². The molecule has 1 N–H and O–H groups in total. The molecule has 1 aliphatic heterocycles. The highest BCUT2D eigenvalue weighted by molar-refractivity contribution is 6.33. The van der Waals surface area contributed by atoms with E-state index in [1.54, 1.807) is 25.7 Å². The van der Waals surface area contributed by atoms with Gasteiger partial charge in [0, 0.05) is 49.9 Å². The van der Waals surface area contributed by atoms with Crippen molar-refractivity contribution < 1.29 is 14.2 Å². The van der Waals surface area contributed by atoms with Crippen molar-refractivity contribution in [2.75, 3.05) is 33.5 Å². The molecule has 1 aliphatic carbocycles. The van der Waals surface area contributed by atoms with Crippen molar-refractivity contribution in [3.05, 3.63) is 35.4 Å². The van der Waals surface area contributed by atoms with Gasteiger partial charge >= 0.3 is 0 Å². The molecular formula is C27H36ClN5O3. The lowest BCUT2D eigenvalue weighted by molar-refractivity contribution is 0.0182. The first-order valence-electron chi connectivity index (χ1n) is 12.8. The van der Waals surface area contributed by atoms with Gasteiger partial charge in [-0.1, -0.05) is 11.6 Å². The van der Waals surface area contributed by atoms with E-state index in [4.69, 9.17) is 25.8 Å². The molecule has 2 aromatic heterocycles. The Morgan fingerprint density at radius 1 is 1.22 bits per heavy atom. The summed E-state index contributed by atoms with van der Waals surface area (Å²) in [6.07, 6.45) is 11.9. The van der Waals surface area contributed by atoms with Crippen LogP contribution < -0.4 is 10.1 Å². The van der Waals surface area contributed by atoms with Crippen LogP contribution in [0.2, 0.25) is 5.02 Å². The van der Waals surface area contributed by atoms with Gasteiger partial charge in [0.25, 0.3) is 0 Å². The third kappa shape index (κ3) is 7.13. The summed E-state index contributed by atoms with van der Waals surface area (Å²) < 4.78 is 16.6. The van der Waals surface area contributed by atoms with E-state index in [2.05, 4.69) is 33.3 Å². The molecule has 2 aromatic rings. The molecule has 0 amide bonds. The largest absolute Gasteiger partial charge is 0.475 e. The van der Waals surface area contributed by atoms with Crippen molar-refractivity contribution in [1.82, 2.24) is 20.3 Å². The second-order valence-electron chi connectivity index (χ2n) is 10.1. The molecule has 0 spiro atoms. The maximum atomic E-state index is 9.67. The summed E-state index contributed by atoms with van der Waals surface area (Å²) in [5.41, 5.74) is 1.90. The van der Waals surface area contributed by atoms with E-state index in [9.17, 15) is 5.26 Å². The fraction of sp³-hybridized carbons (Fsp3) is 0.630. The molecule has 4 rings (SSSR count). The predicted octanol–water partition coefficient (Wildman–Crippen LogP) is 4.62. The van der Waals surface area contributed by atoms with Crippen LogP contribution in [0.4, 0.5) is 0 Å². The Balaban J connectivity index is 1.37. The van der Waals surface area contributed by atoms with Crippen LogP contribution in [0.1, 0.15) is 51.1 Å². The zero-order valence-corrected chi connectivity index (χ0v) is 22.0.